The molecule has 56 heavy (non-hydrogen) atoms. The monoisotopic (exact) mass is 736 g/mol. The van der Waals surface area contributed by atoms with Crippen molar-refractivity contribution in [2.45, 2.75) is 76.3 Å². The highest BCUT2D eigenvalue weighted by Gasteiger charge is 2.27. The van der Waals surface area contributed by atoms with E-state index in [1.54, 1.807) is 24.3 Å². The van der Waals surface area contributed by atoms with Gasteiger partial charge in [0.1, 0.15) is 0 Å². The molecule has 2 saturated carbocycles. The van der Waals surface area contributed by atoms with Crippen molar-refractivity contribution in [3.63, 3.8) is 0 Å². The Morgan fingerprint density at radius 3 is 1.14 bits per heavy atom. The molecule has 2 fully saturated rings. The molecular formula is C52H46N4. The molecule has 7 aromatic rings. The highest BCUT2D eigenvalue weighted by atomic mass is 15.2. The van der Waals surface area contributed by atoms with Crippen LogP contribution in [0.2, 0.25) is 0 Å². The van der Waals surface area contributed by atoms with Gasteiger partial charge in [-0.1, -0.05) is 111 Å². The van der Waals surface area contributed by atoms with Gasteiger partial charge in [-0.15, -0.1) is 0 Å². The molecule has 0 amide bonds. The van der Waals surface area contributed by atoms with E-state index in [-0.39, 0.29) is 23.2 Å². The number of nitriles is 2. The second-order valence-electron chi connectivity index (χ2n) is 14.9. The van der Waals surface area contributed by atoms with Gasteiger partial charge in [0, 0.05) is 34.8 Å². The first-order chi connectivity index (χ1) is 31.8. The van der Waals surface area contributed by atoms with Gasteiger partial charge < -0.3 is 9.80 Å². The Balaban J connectivity index is 1.45. The molecule has 0 saturated heterocycles. The molecule has 0 bridgehead atoms. The molecule has 274 valence electrons. The van der Waals surface area contributed by atoms with Crippen LogP contribution in [-0.2, 0) is 0 Å². The minimum atomic E-state index is -0.532. The number of anilines is 4. The Morgan fingerprint density at radius 2 is 0.786 bits per heavy atom. The zero-order valence-electron chi connectivity index (χ0n) is 41.1. The van der Waals surface area contributed by atoms with Crippen LogP contribution in [-0.4, -0.2) is 12.1 Å². The number of fused-ring (bicyclic) bond motifs is 2. The Hall–Kier alpha value is -6.36. The standard InChI is InChI=1S/C52H46N4/c53-35-37-21-25-43(26-22-37)55(41-17-9-3-10-18-41)45-30-32-48-49(33-45)51(39-13-5-1-6-14-39)47-31-29-46(34-50(47)52(48)40-15-7-2-8-16-40)56(42-19-11-4-12-20-42)44-27-23-38(36-54)24-28-44/h1-2,5-8,13-16,21-34,41-42H,3-4,9-12,17-20H2/i1D,2D,5D,6D,7D,8D,13D,14D,15D,16D. The van der Waals surface area contributed by atoms with Crippen LogP contribution in [0.25, 0.3) is 43.8 Å². The van der Waals surface area contributed by atoms with Gasteiger partial charge in [0.05, 0.1) is 37.0 Å². The fourth-order valence-corrected chi connectivity index (χ4v) is 9.01. The third-order valence-corrected chi connectivity index (χ3v) is 11.6. The van der Waals surface area contributed by atoms with E-state index in [1.165, 1.54) is 0 Å². The summed E-state index contributed by atoms with van der Waals surface area (Å²) in [6.45, 7) is 0. The lowest BCUT2D eigenvalue weighted by atomic mass is 9.85. The third-order valence-electron chi connectivity index (χ3n) is 11.6. The fraction of sp³-hybridized carbons (Fsp3) is 0.231. The number of rotatable bonds is 8. The largest absolute Gasteiger partial charge is 0.338 e. The van der Waals surface area contributed by atoms with Crippen LogP contribution in [0.15, 0.2) is 145 Å². The van der Waals surface area contributed by atoms with Crippen molar-refractivity contribution >= 4 is 44.3 Å². The molecule has 7 aromatic carbocycles. The van der Waals surface area contributed by atoms with Crippen LogP contribution in [0, 0.1) is 22.7 Å². The maximum Gasteiger partial charge on any atom is 0.0991 e. The predicted molar refractivity (Wildman–Crippen MR) is 233 cm³/mol. The first-order valence-electron chi connectivity index (χ1n) is 24.6. The highest BCUT2D eigenvalue weighted by molar-refractivity contribution is 6.22. The maximum absolute atomic E-state index is 9.67. The molecule has 9 rings (SSSR count). The van der Waals surface area contributed by atoms with E-state index in [0.29, 0.717) is 43.8 Å². The van der Waals surface area contributed by atoms with Crippen molar-refractivity contribution in [2.24, 2.45) is 0 Å². The summed E-state index contributed by atoms with van der Waals surface area (Å²) in [5.74, 6) is 0. The Bertz CT molecular complexity index is 2880. The van der Waals surface area contributed by atoms with E-state index in [1.807, 2.05) is 60.7 Å². The van der Waals surface area contributed by atoms with Crippen molar-refractivity contribution in [2.75, 3.05) is 9.80 Å². The topological polar surface area (TPSA) is 54.1 Å². The summed E-state index contributed by atoms with van der Waals surface area (Å²) in [7, 11) is 0. The van der Waals surface area contributed by atoms with Crippen LogP contribution in [0.1, 0.15) is 89.0 Å². The molecule has 0 aliphatic heterocycles. The summed E-state index contributed by atoms with van der Waals surface area (Å²) < 4.78 is 90.0. The van der Waals surface area contributed by atoms with Crippen LogP contribution < -0.4 is 9.80 Å². The summed E-state index contributed by atoms with van der Waals surface area (Å²) in [4.78, 5) is 4.48. The lowest BCUT2D eigenvalue weighted by Crippen LogP contribution is -2.33. The van der Waals surface area contributed by atoms with Gasteiger partial charge in [-0.2, -0.15) is 10.5 Å². The summed E-state index contributed by atoms with van der Waals surface area (Å²) in [6.07, 6.45) is 9.89. The SMILES string of the molecule is [2H]c1c([2H])c([2H])c(-c2c3ccc(N(c4ccc(C#N)cc4)C4CCCCC4)cc3c(-c3c([2H])c([2H])c([2H])c([2H])c3[2H])c3ccc(N(c4ccc(C#N)cc4)C4CCCCC4)cc23)c([2H])c1[2H]. The molecule has 0 spiro atoms. The van der Waals surface area contributed by atoms with Crippen molar-refractivity contribution < 1.29 is 13.7 Å². The van der Waals surface area contributed by atoms with Crippen LogP contribution in [0.5, 0.6) is 0 Å². The van der Waals surface area contributed by atoms with Crippen LogP contribution >= 0.6 is 0 Å². The molecule has 0 unspecified atom stereocenters. The van der Waals surface area contributed by atoms with Gasteiger partial charge in [0.2, 0.25) is 0 Å². The van der Waals surface area contributed by atoms with Crippen molar-refractivity contribution in [3.05, 3.63) is 156 Å². The predicted octanol–water partition coefficient (Wildman–Crippen LogP) is 14.0. The normalized spacial score (nSPS) is 17.5. The zero-order chi connectivity index (χ0) is 46.6. The van der Waals surface area contributed by atoms with Crippen LogP contribution in [0.4, 0.5) is 22.7 Å². The van der Waals surface area contributed by atoms with Gasteiger partial charge in [0.15, 0.2) is 0 Å². The molecule has 0 N–H and O–H groups in total. The van der Waals surface area contributed by atoms with Gasteiger partial charge in [-0.25, -0.2) is 0 Å². The third kappa shape index (κ3) is 6.78. The minimum Gasteiger partial charge on any atom is -0.338 e. The minimum absolute atomic E-state index is 0.0210. The van der Waals surface area contributed by atoms with E-state index in [0.717, 1.165) is 87.0 Å². The number of benzene rings is 7. The molecule has 0 radical (unpaired) electrons. The van der Waals surface area contributed by atoms with Gasteiger partial charge in [-0.3, -0.25) is 0 Å². The van der Waals surface area contributed by atoms with Crippen LogP contribution in [0.3, 0.4) is 0 Å². The lowest BCUT2D eigenvalue weighted by molar-refractivity contribution is 0.436. The molecular weight excluding hydrogens is 681 g/mol. The van der Waals surface area contributed by atoms with E-state index in [2.05, 4.69) is 21.9 Å². The van der Waals surface area contributed by atoms with Gasteiger partial charge in [-0.05, 0) is 142 Å². The first kappa shape index (κ1) is 25.7. The Labute approximate surface area is 344 Å². The number of hydrogen-bond acceptors (Lipinski definition) is 4. The second kappa shape index (κ2) is 15.8. The highest BCUT2D eigenvalue weighted by Crippen LogP contribution is 2.48. The van der Waals surface area contributed by atoms with Gasteiger partial charge in [0.25, 0.3) is 0 Å². The molecule has 2 aliphatic carbocycles. The second-order valence-corrected chi connectivity index (χ2v) is 14.9. The average Bonchev–Trinajstić information content (AvgIpc) is 3.35. The van der Waals surface area contributed by atoms with Crippen molar-refractivity contribution in [1.29, 1.82) is 10.5 Å². The van der Waals surface area contributed by atoms with Crippen molar-refractivity contribution in [3.8, 4) is 34.4 Å². The van der Waals surface area contributed by atoms with E-state index >= 15 is 0 Å². The maximum atomic E-state index is 9.67. The molecule has 4 heteroatoms. The Morgan fingerprint density at radius 1 is 0.429 bits per heavy atom. The average molecular weight is 737 g/mol. The van der Waals surface area contributed by atoms with Gasteiger partial charge >= 0.3 is 0 Å². The lowest BCUT2D eigenvalue weighted by Gasteiger charge is -2.37. The van der Waals surface area contributed by atoms with E-state index in [9.17, 15) is 16.0 Å². The fourth-order valence-electron chi connectivity index (χ4n) is 9.01. The quantitative estimate of drug-likeness (QED) is 0.146. The molecule has 0 heterocycles. The smallest absolute Gasteiger partial charge is 0.0991 e. The summed E-state index contributed by atoms with van der Waals surface area (Å²) in [5.41, 5.74) is 4.90. The van der Waals surface area contributed by atoms with E-state index in [4.69, 9.17) is 8.22 Å². The number of nitrogens with zero attached hydrogens (tertiary/aromatic N) is 4. The summed E-state index contributed by atoms with van der Waals surface area (Å²) in [5, 5.41) is 21.2. The summed E-state index contributed by atoms with van der Waals surface area (Å²) in [6, 6.07) is 26.2. The molecule has 2 aliphatic rings. The number of hydrogen-bond donors (Lipinski definition) is 0. The molecule has 4 nitrogen and oxygen atoms in total. The Kier molecular flexibility index (Phi) is 7.23. The van der Waals surface area contributed by atoms with E-state index < -0.39 is 60.4 Å². The van der Waals surface area contributed by atoms with Crippen molar-refractivity contribution in [1.82, 2.24) is 0 Å². The first-order valence-corrected chi connectivity index (χ1v) is 19.6. The summed E-state index contributed by atoms with van der Waals surface area (Å²) >= 11 is 0. The zero-order valence-corrected chi connectivity index (χ0v) is 31.1. The molecule has 0 aromatic heterocycles. The molecule has 0 atom stereocenters.